The summed E-state index contributed by atoms with van der Waals surface area (Å²) in [6, 6.07) is 0.959. The van der Waals surface area contributed by atoms with Crippen LogP contribution < -0.4 is 5.32 Å². The third-order valence-corrected chi connectivity index (χ3v) is 9.52. The molecule has 0 amide bonds. The molecule has 140 valence electrons. The third-order valence-electron chi connectivity index (χ3n) is 6.33. The van der Waals surface area contributed by atoms with E-state index in [2.05, 4.69) is 5.32 Å². The Morgan fingerprint density at radius 1 is 1.08 bits per heavy atom. The summed E-state index contributed by atoms with van der Waals surface area (Å²) in [6.07, 6.45) is 11.8. The molecule has 4 nitrogen and oxygen atoms in total. The zero-order chi connectivity index (χ0) is 17.2. The quantitative estimate of drug-likeness (QED) is 0.773. The zero-order valence-corrected chi connectivity index (χ0v) is 16.5. The molecule has 0 aromatic heterocycles. The van der Waals surface area contributed by atoms with Gasteiger partial charge in [0, 0.05) is 23.6 Å². The van der Waals surface area contributed by atoms with E-state index in [0.717, 1.165) is 38.5 Å². The first-order chi connectivity index (χ1) is 11.4. The van der Waals surface area contributed by atoms with Gasteiger partial charge in [-0.15, -0.1) is 0 Å². The standard InChI is InChI=1S/C18H33NO3S2/c1-24(21,22)15-9-7-13(8-10-15)16-5-2-4-14(19-16)12-17(20)18-6-3-11-23-18/h13-20H,2-12H2,1H3/t13?,14?,15?,16?,17-,18?/m0/s1. The van der Waals surface area contributed by atoms with Gasteiger partial charge in [-0.1, -0.05) is 6.42 Å². The fourth-order valence-corrected chi connectivity index (χ4v) is 7.31. The van der Waals surface area contributed by atoms with Crippen molar-refractivity contribution in [1.29, 1.82) is 0 Å². The number of rotatable bonds is 5. The molecule has 4 atom stereocenters. The monoisotopic (exact) mass is 375 g/mol. The molecule has 3 fully saturated rings. The molecule has 3 rings (SSSR count). The molecule has 0 bridgehead atoms. The first kappa shape index (κ1) is 19.0. The fourth-order valence-electron chi connectivity index (χ4n) is 4.88. The van der Waals surface area contributed by atoms with Crippen LogP contribution >= 0.6 is 11.8 Å². The molecule has 3 unspecified atom stereocenters. The first-order valence-electron chi connectivity index (χ1n) is 9.68. The van der Waals surface area contributed by atoms with E-state index in [9.17, 15) is 13.5 Å². The Hall–Kier alpha value is 0.220. The number of thioether (sulfide) groups is 1. The van der Waals surface area contributed by atoms with E-state index >= 15 is 0 Å². The van der Waals surface area contributed by atoms with Crippen LogP contribution in [0, 0.1) is 5.92 Å². The second kappa shape index (κ2) is 8.28. The van der Waals surface area contributed by atoms with Crippen molar-refractivity contribution in [3.05, 3.63) is 0 Å². The molecule has 0 aromatic rings. The lowest BCUT2D eigenvalue weighted by molar-refractivity contribution is 0.121. The number of sulfone groups is 1. The van der Waals surface area contributed by atoms with Crippen LogP contribution in [-0.2, 0) is 9.84 Å². The van der Waals surface area contributed by atoms with Gasteiger partial charge in [-0.25, -0.2) is 8.42 Å². The van der Waals surface area contributed by atoms with E-state index in [-0.39, 0.29) is 11.4 Å². The maximum absolute atomic E-state index is 11.7. The number of hydrogen-bond acceptors (Lipinski definition) is 5. The minimum atomic E-state index is -2.87. The Kier molecular flexibility index (Phi) is 6.55. The average Bonchev–Trinajstić information content (AvgIpc) is 3.09. The Balaban J connectivity index is 1.47. The number of piperidine rings is 1. The summed E-state index contributed by atoms with van der Waals surface area (Å²) in [5.41, 5.74) is 0. The first-order valence-corrected chi connectivity index (χ1v) is 12.7. The zero-order valence-electron chi connectivity index (χ0n) is 14.8. The van der Waals surface area contributed by atoms with Crippen LogP contribution in [-0.4, -0.2) is 54.2 Å². The van der Waals surface area contributed by atoms with E-state index in [4.69, 9.17) is 0 Å². The van der Waals surface area contributed by atoms with Crippen molar-refractivity contribution in [1.82, 2.24) is 5.32 Å². The van der Waals surface area contributed by atoms with E-state index in [1.807, 2.05) is 11.8 Å². The van der Waals surface area contributed by atoms with Crippen LogP contribution in [0.5, 0.6) is 0 Å². The minimum Gasteiger partial charge on any atom is -0.392 e. The third kappa shape index (κ3) is 4.89. The summed E-state index contributed by atoms with van der Waals surface area (Å²) in [5, 5.41) is 14.6. The van der Waals surface area contributed by atoms with E-state index < -0.39 is 9.84 Å². The Morgan fingerprint density at radius 2 is 1.83 bits per heavy atom. The van der Waals surface area contributed by atoms with E-state index in [1.54, 1.807) is 0 Å². The van der Waals surface area contributed by atoms with Crippen molar-refractivity contribution in [2.24, 2.45) is 5.92 Å². The molecule has 0 spiro atoms. The predicted molar refractivity (Wildman–Crippen MR) is 101 cm³/mol. The molecule has 3 aliphatic rings. The highest BCUT2D eigenvalue weighted by Gasteiger charge is 2.35. The molecule has 1 saturated carbocycles. The van der Waals surface area contributed by atoms with E-state index in [1.165, 1.54) is 37.7 Å². The summed E-state index contributed by atoms with van der Waals surface area (Å²) >= 11 is 1.94. The highest BCUT2D eigenvalue weighted by molar-refractivity contribution is 8.00. The molecular weight excluding hydrogens is 342 g/mol. The van der Waals surface area contributed by atoms with Gasteiger partial charge >= 0.3 is 0 Å². The van der Waals surface area contributed by atoms with Crippen molar-refractivity contribution >= 4 is 21.6 Å². The van der Waals surface area contributed by atoms with Gasteiger partial charge in [-0.2, -0.15) is 11.8 Å². The number of aliphatic hydroxyl groups excluding tert-OH is 1. The van der Waals surface area contributed by atoms with Crippen LogP contribution in [0.2, 0.25) is 0 Å². The van der Waals surface area contributed by atoms with Crippen molar-refractivity contribution in [2.75, 3.05) is 12.0 Å². The van der Waals surface area contributed by atoms with Gasteiger partial charge in [-0.3, -0.25) is 0 Å². The smallest absolute Gasteiger partial charge is 0.150 e. The summed E-state index contributed by atoms with van der Waals surface area (Å²) in [5.74, 6) is 1.82. The second-order valence-electron chi connectivity index (χ2n) is 8.12. The minimum absolute atomic E-state index is 0.116. The highest BCUT2D eigenvalue weighted by Crippen LogP contribution is 2.35. The SMILES string of the molecule is CS(=O)(=O)C1CCC(C2CCCC(C[C@H](O)C3CCCS3)N2)CC1. The van der Waals surface area contributed by atoms with Crippen molar-refractivity contribution in [3.8, 4) is 0 Å². The maximum Gasteiger partial charge on any atom is 0.150 e. The molecule has 24 heavy (non-hydrogen) atoms. The Labute approximate surface area is 151 Å². The Bertz CT molecular complexity index is 496. The normalized spacial score (nSPS) is 39.7. The molecule has 1 aliphatic carbocycles. The number of hydrogen-bond donors (Lipinski definition) is 2. The van der Waals surface area contributed by atoms with Gasteiger partial charge in [-0.05, 0) is 69.5 Å². The van der Waals surface area contributed by atoms with Gasteiger partial charge in [0.25, 0.3) is 0 Å². The summed E-state index contributed by atoms with van der Waals surface area (Å²) in [4.78, 5) is 0. The molecular formula is C18H33NO3S2. The lowest BCUT2D eigenvalue weighted by atomic mass is 9.79. The molecule has 2 N–H and O–H groups in total. The molecule has 0 radical (unpaired) electrons. The highest BCUT2D eigenvalue weighted by atomic mass is 32.2. The largest absolute Gasteiger partial charge is 0.392 e. The van der Waals surface area contributed by atoms with Crippen molar-refractivity contribution in [2.45, 2.75) is 92.9 Å². The van der Waals surface area contributed by atoms with Gasteiger partial charge < -0.3 is 10.4 Å². The molecule has 2 saturated heterocycles. The number of aliphatic hydroxyl groups is 1. The van der Waals surface area contributed by atoms with Gasteiger partial charge in [0.15, 0.2) is 0 Å². The van der Waals surface area contributed by atoms with Crippen LogP contribution in [0.1, 0.15) is 64.2 Å². The molecule has 0 aromatic carbocycles. The van der Waals surface area contributed by atoms with Gasteiger partial charge in [0.1, 0.15) is 9.84 Å². The summed E-state index contributed by atoms with van der Waals surface area (Å²) in [6.45, 7) is 0. The predicted octanol–water partition coefficient (Wildman–Crippen LogP) is 2.75. The van der Waals surface area contributed by atoms with Crippen LogP contribution in [0.3, 0.4) is 0 Å². The van der Waals surface area contributed by atoms with Crippen LogP contribution in [0.4, 0.5) is 0 Å². The van der Waals surface area contributed by atoms with Crippen molar-refractivity contribution in [3.63, 3.8) is 0 Å². The topological polar surface area (TPSA) is 66.4 Å². The van der Waals surface area contributed by atoms with Crippen LogP contribution in [0.25, 0.3) is 0 Å². The van der Waals surface area contributed by atoms with E-state index in [0.29, 0.717) is 23.3 Å². The fraction of sp³-hybridized carbons (Fsp3) is 1.00. The molecule has 2 aliphatic heterocycles. The lowest BCUT2D eigenvalue weighted by Gasteiger charge is -2.40. The maximum atomic E-state index is 11.7. The van der Waals surface area contributed by atoms with Gasteiger partial charge in [0.2, 0.25) is 0 Å². The lowest BCUT2D eigenvalue weighted by Crippen LogP contribution is -2.49. The van der Waals surface area contributed by atoms with Crippen molar-refractivity contribution < 1.29 is 13.5 Å². The number of nitrogens with one attached hydrogen (secondary N) is 1. The average molecular weight is 376 g/mol. The summed E-state index contributed by atoms with van der Waals surface area (Å²) < 4.78 is 23.4. The van der Waals surface area contributed by atoms with Crippen LogP contribution in [0.15, 0.2) is 0 Å². The molecule has 6 heteroatoms. The summed E-state index contributed by atoms with van der Waals surface area (Å²) in [7, 11) is -2.87. The van der Waals surface area contributed by atoms with Gasteiger partial charge in [0.05, 0.1) is 11.4 Å². The Morgan fingerprint density at radius 3 is 2.46 bits per heavy atom. The second-order valence-corrected chi connectivity index (χ2v) is 11.8. The molecule has 2 heterocycles.